The van der Waals surface area contributed by atoms with Gasteiger partial charge in [0.25, 0.3) is 0 Å². The summed E-state index contributed by atoms with van der Waals surface area (Å²) < 4.78 is 5.83. The highest BCUT2D eigenvalue weighted by Crippen LogP contribution is 2.39. The van der Waals surface area contributed by atoms with Crippen LogP contribution in [0.15, 0.2) is 30.5 Å². The minimum Gasteiger partial charge on any atom is -0.489 e. The molecule has 0 atom stereocenters. The Labute approximate surface area is 137 Å². The molecule has 23 heavy (non-hydrogen) atoms. The molecule has 1 heterocycles. The van der Waals surface area contributed by atoms with E-state index in [0.29, 0.717) is 0 Å². The second kappa shape index (κ2) is 6.19. The number of nitrogens with zero attached hydrogens (tertiary/aromatic N) is 1. The van der Waals surface area contributed by atoms with Crippen LogP contribution in [0.2, 0.25) is 0 Å². The van der Waals surface area contributed by atoms with Gasteiger partial charge in [0.15, 0.2) is 0 Å². The van der Waals surface area contributed by atoms with Crippen molar-refractivity contribution in [1.82, 2.24) is 4.98 Å². The van der Waals surface area contributed by atoms with Crippen molar-refractivity contribution >= 4 is 22.5 Å². The monoisotopic (exact) mass is 312 g/mol. The van der Waals surface area contributed by atoms with Gasteiger partial charge >= 0.3 is 0 Å². The number of aromatic nitrogens is 1. The molecule has 0 aliphatic heterocycles. The van der Waals surface area contributed by atoms with Crippen molar-refractivity contribution in [1.29, 1.82) is 0 Å². The van der Waals surface area contributed by atoms with Crippen molar-refractivity contribution in [3.8, 4) is 5.75 Å². The van der Waals surface area contributed by atoms with Crippen LogP contribution in [0.5, 0.6) is 5.75 Å². The van der Waals surface area contributed by atoms with Crippen LogP contribution in [0.3, 0.4) is 0 Å². The molecule has 1 aromatic carbocycles. The predicted molar refractivity (Wildman–Crippen MR) is 92.7 cm³/mol. The number of carbonyl (C=O) groups is 1. The largest absolute Gasteiger partial charge is 0.489 e. The van der Waals surface area contributed by atoms with E-state index in [-0.39, 0.29) is 17.4 Å². The fourth-order valence-corrected chi connectivity index (χ4v) is 3.26. The summed E-state index contributed by atoms with van der Waals surface area (Å²) in [7, 11) is 0. The molecule has 122 valence electrons. The van der Waals surface area contributed by atoms with Gasteiger partial charge in [0.2, 0.25) is 5.91 Å². The Morgan fingerprint density at radius 2 is 2.00 bits per heavy atom. The molecular weight excluding hydrogens is 288 g/mol. The Hall–Kier alpha value is -2.10. The summed E-state index contributed by atoms with van der Waals surface area (Å²) in [6.45, 7) is 6.04. The van der Waals surface area contributed by atoms with Gasteiger partial charge in [0, 0.05) is 17.0 Å². The van der Waals surface area contributed by atoms with Crippen LogP contribution in [0.1, 0.15) is 46.5 Å². The van der Waals surface area contributed by atoms with E-state index in [2.05, 4.69) is 17.2 Å². The van der Waals surface area contributed by atoms with Crippen molar-refractivity contribution in [2.24, 2.45) is 5.41 Å². The van der Waals surface area contributed by atoms with E-state index in [1.165, 1.54) is 0 Å². The average Bonchev–Trinajstić information content (AvgIpc) is 2.97. The summed E-state index contributed by atoms with van der Waals surface area (Å²) in [6, 6.07) is 7.66. The van der Waals surface area contributed by atoms with Crippen molar-refractivity contribution in [2.45, 2.75) is 52.6 Å². The van der Waals surface area contributed by atoms with Crippen molar-refractivity contribution < 1.29 is 9.53 Å². The minimum absolute atomic E-state index is 0.0815. The number of amides is 1. The minimum atomic E-state index is -0.248. The Kier molecular flexibility index (Phi) is 4.24. The molecule has 2 aromatic rings. The number of ether oxygens (including phenoxy) is 1. The van der Waals surface area contributed by atoms with Gasteiger partial charge in [-0.15, -0.1) is 0 Å². The first-order chi connectivity index (χ1) is 11.0. The standard InChI is InChI=1S/C19H24N2O2/c1-13(2)23-16-9-8-15(14-7-6-12-20-17(14)16)21-18(22)19(3)10-4-5-11-19/h6-9,12-13H,4-5,10-11H2,1-3H3,(H,21,22). The van der Waals surface area contributed by atoms with E-state index in [1.807, 2.05) is 38.1 Å². The fraction of sp³-hybridized carbons (Fsp3) is 0.474. The highest BCUT2D eigenvalue weighted by Gasteiger charge is 2.36. The Bertz CT molecular complexity index is 718. The number of carbonyl (C=O) groups excluding carboxylic acids is 1. The van der Waals surface area contributed by atoms with E-state index in [9.17, 15) is 4.79 Å². The lowest BCUT2D eigenvalue weighted by atomic mass is 9.87. The maximum absolute atomic E-state index is 12.7. The van der Waals surface area contributed by atoms with Gasteiger partial charge in [0.05, 0.1) is 11.8 Å². The second-order valence-corrected chi connectivity index (χ2v) is 6.90. The Morgan fingerprint density at radius 3 is 2.70 bits per heavy atom. The van der Waals surface area contributed by atoms with Crippen LogP contribution in [-0.2, 0) is 4.79 Å². The lowest BCUT2D eigenvalue weighted by Crippen LogP contribution is -2.30. The molecule has 1 amide bonds. The normalized spacial score (nSPS) is 16.7. The average molecular weight is 312 g/mol. The van der Waals surface area contributed by atoms with Gasteiger partial charge in [-0.2, -0.15) is 0 Å². The molecule has 4 heteroatoms. The van der Waals surface area contributed by atoms with E-state index >= 15 is 0 Å². The first kappa shape index (κ1) is 15.8. The fourth-order valence-electron chi connectivity index (χ4n) is 3.26. The summed E-state index contributed by atoms with van der Waals surface area (Å²) >= 11 is 0. The van der Waals surface area contributed by atoms with Crippen LogP contribution in [0, 0.1) is 5.41 Å². The molecular formula is C19H24N2O2. The zero-order chi connectivity index (χ0) is 16.4. The topological polar surface area (TPSA) is 51.2 Å². The van der Waals surface area contributed by atoms with Crippen LogP contribution in [0.25, 0.3) is 10.9 Å². The first-order valence-corrected chi connectivity index (χ1v) is 8.35. The van der Waals surface area contributed by atoms with Gasteiger partial charge in [-0.25, -0.2) is 0 Å². The molecule has 4 nitrogen and oxygen atoms in total. The molecule has 1 saturated carbocycles. The number of rotatable bonds is 4. The van der Waals surface area contributed by atoms with Crippen molar-refractivity contribution in [2.75, 3.05) is 5.32 Å². The van der Waals surface area contributed by atoms with Crippen molar-refractivity contribution in [3.05, 3.63) is 30.5 Å². The van der Waals surface area contributed by atoms with Gasteiger partial charge in [-0.1, -0.05) is 19.8 Å². The number of hydrogen-bond donors (Lipinski definition) is 1. The SMILES string of the molecule is CC(C)Oc1ccc(NC(=O)C2(C)CCCC2)c2cccnc12. The molecule has 0 spiro atoms. The predicted octanol–water partition coefficient (Wildman–Crippen LogP) is 4.54. The van der Waals surface area contributed by atoms with E-state index in [4.69, 9.17) is 4.74 Å². The number of hydrogen-bond acceptors (Lipinski definition) is 3. The molecule has 1 N–H and O–H groups in total. The smallest absolute Gasteiger partial charge is 0.230 e. The Balaban J connectivity index is 1.94. The van der Waals surface area contributed by atoms with Gasteiger partial charge in [-0.3, -0.25) is 9.78 Å². The molecule has 1 aliphatic rings. The number of anilines is 1. The molecule has 1 aliphatic carbocycles. The summed E-state index contributed by atoms with van der Waals surface area (Å²) in [5.41, 5.74) is 1.35. The zero-order valence-electron chi connectivity index (χ0n) is 14.1. The molecule has 1 fully saturated rings. The number of pyridine rings is 1. The maximum Gasteiger partial charge on any atom is 0.230 e. The van der Waals surface area contributed by atoms with Crippen LogP contribution in [0.4, 0.5) is 5.69 Å². The third-order valence-corrected chi connectivity index (χ3v) is 4.60. The molecule has 0 radical (unpaired) electrons. The Morgan fingerprint density at radius 1 is 1.26 bits per heavy atom. The van der Waals surface area contributed by atoms with Gasteiger partial charge in [0.1, 0.15) is 11.3 Å². The van der Waals surface area contributed by atoms with E-state index < -0.39 is 0 Å². The third-order valence-electron chi connectivity index (χ3n) is 4.60. The van der Waals surface area contributed by atoms with Crippen molar-refractivity contribution in [3.63, 3.8) is 0 Å². The molecule has 0 unspecified atom stereocenters. The number of fused-ring (bicyclic) bond motifs is 1. The van der Waals surface area contributed by atoms with Gasteiger partial charge < -0.3 is 10.1 Å². The third kappa shape index (κ3) is 3.16. The maximum atomic E-state index is 12.7. The molecule has 3 rings (SSSR count). The number of nitrogens with one attached hydrogen (secondary N) is 1. The summed E-state index contributed by atoms with van der Waals surface area (Å²) in [6.07, 6.45) is 6.02. The lowest BCUT2D eigenvalue weighted by Gasteiger charge is -2.23. The van der Waals surface area contributed by atoms with Crippen LogP contribution < -0.4 is 10.1 Å². The van der Waals surface area contributed by atoms with Crippen LogP contribution in [-0.4, -0.2) is 17.0 Å². The first-order valence-electron chi connectivity index (χ1n) is 8.35. The lowest BCUT2D eigenvalue weighted by molar-refractivity contribution is -0.124. The van der Waals surface area contributed by atoms with E-state index in [1.54, 1.807) is 6.20 Å². The molecule has 0 saturated heterocycles. The second-order valence-electron chi connectivity index (χ2n) is 6.90. The molecule has 1 aromatic heterocycles. The summed E-state index contributed by atoms with van der Waals surface area (Å²) in [5, 5.41) is 4.03. The number of benzene rings is 1. The van der Waals surface area contributed by atoms with E-state index in [0.717, 1.165) is 48.0 Å². The quantitative estimate of drug-likeness (QED) is 0.901. The molecule has 0 bridgehead atoms. The van der Waals surface area contributed by atoms with Crippen LogP contribution >= 0.6 is 0 Å². The summed E-state index contributed by atoms with van der Waals surface area (Å²) in [5.74, 6) is 0.860. The van der Waals surface area contributed by atoms with Gasteiger partial charge in [-0.05, 0) is 51.0 Å². The highest BCUT2D eigenvalue weighted by molar-refractivity contribution is 6.04. The summed E-state index contributed by atoms with van der Waals surface area (Å²) in [4.78, 5) is 17.1. The zero-order valence-corrected chi connectivity index (χ0v) is 14.1. The highest BCUT2D eigenvalue weighted by atomic mass is 16.5.